The van der Waals surface area contributed by atoms with Gasteiger partial charge < -0.3 is 4.90 Å². The molecule has 0 atom stereocenters. The number of hydrogen-bond donors (Lipinski definition) is 0. The van der Waals surface area contributed by atoms with Gasteiger partial charge in [-0.2, -0.15) is 8.75 Å². The standard InChI is InChI=1S/C12H13N3OS/c1-3-15(10-6-4-5-9(2)7-10)12(16)11-8-13-17-14-11/h4-8H,3H2,1-2H3. The first kappa shape index (κ1) is 11.7. The number of anilines is 1. The third kappa shape index (κ3) is 2.50. The van der Waals surface area contributed by atoms with Crippen molar-refractivity contribution in [3.8, 4) is 0 Å². The van der Waals surface area contributed by atoms with Crippen LogP contribution in [-0.4, -0.2) is 21.2 Å². The third-order valence-corrected chi connectivity index (χ3v) is 2.93. The number of nitrogens with zero attached hydrogens (tertiary/aromatic N) is 3. The molecular formula is C12H13N3OS. The van der Waals surface area contributed by atoms with E-state index in [-0.39, 0.29) is 5.91 Å². The summed E-state index contributed by atoms with van der Waals surface area (Å²) in [5.74, 6) is -0.105. The normalized spacial score (nSPS) is 10.2. The molecule has 88 valence electrons. The lowest BCUT2D eigenvalue weighted by atomic mass is 10.2. The quantitative estimate of drug-likeness (QED) is 0.837. The summed E-state index contributed by atoms with van der Waals surface area (Å²) in [5.41, 5.74) is 2.43. The molecule has 5 heteroatoms. The topological polar surface area (TPSA) is 46.1 Å². The Balaban J connectivity index is 2.31. The average Bonchev–Trinajstić information content (AvgIpc) is 2.83. The molecule has 0 aliphatic carbocycles. The van der Waals surface area contributed by atoms with Crippen molar-refractivity contribution in [2.75, 3.05) is 11.4 Å². The van der Waals surface area contributed by atoms with E-state index in [1.807, 2.05) is 38.1 Å². The van der Waals surface area contributed by atoms with Gasteiger partial charge in [-0.25, -0.2) is 0 Å². The van der Waals surface area contributed by atoms with Gasteiger partial charge >= 0.3 is 0 Å². The number of aryl methyl sites for hydroxylation is 1. The van der Waals surface area contributed by atoms with Crippen molar-refractivity contribution < 1.29 is 4.79 Å². The first-order valence-corrected chi connectivity index (χ1v) is 6.11. The molecule has 1 aromatic carbocycles. The van der Waals surface area contributed by atoms with Crippen LogP contribution in [0, 0.1) is 6.92 Å². The molecule has 0 fully saturated rings. The molecule has 0 bridgehead atoms. The maximum atomic E-state index is 12.2. The molecule has 0 unspecified atom stereocenters. The highest BCUT2D eigenvalue weighted by atomic mass is 32.1. The molecule has 0 radical (unpaired) electrons. The largest absolute Gasteiger partial charge is 0.307 e. The average molecular weight is 247 g/mol. The summed E-state index contributed by atoms with van der Waals surface area (Å²) in [6.07, 6.45) is 1.51. The predicted octanol–water partition coefficient (Wildman–Crippen LogP) is 2.51. The highest BCUT2D eigenvalue weighted by Gasteiger charge is 2.18. The summed E-state index contributed by atoms with van der Waals surface area (Å²) in [5, 5.41) is 0. The zero-order valence-corrected chi connectivity index (χ0v) is 10.6. The van der Waals surface area contributed by atoms with E-state index in [9.17, 15) is 4.79 Å². The minimum Gasteiger partial charge on any atom is -0.307 e. The van der Waals surface area contributed by atoms with E-state index in [4.69, 9.17) is 0 Å². The molecule has 2 aromatic rings. The van der Waals surface area contributed by atoms with Crippen LogP contribution >= 0.6 is 11.7 Å². The van der Waals surface area contributed by atoms with Gasteiger partial charge in [-0.15, -0.1) is 0 Å². The first-order chi connectivity index (χ1) is 8.22. The van der Waals surface area contributed by atoms with Crippen molar-refractivity contribution >= 4 is 23.3 Å². The second-order valence-electron chi connectivity index (χ2n) is 3.68. The van der Waals surface area contributed by atoms with Crippen molar-refractivity contribution in [1.82, 2.24) is 8.75 Å². The number of hydrogen-bond acceptors (Lipinski definition) is 4. The number of benzene rings is 1. The van der Waals surface area contributed by atoms with Crippen molar-refractivity contribution in [2.45, 2.75) is 13.8 Å². The van der Waals surface area contributed by atoms with Gasteiger partial charge in [0.1, 0.15) is 0 Å². The summed E-state index contributed by atoms with van der Waals surface area (Å²) in [6, 6.07) is 7.86. The Morgan fingerprint density at radius 3 is 2.88 bits per heavy atom. The molecule has 2 rings (SSSR count). The Hall–Kier alpha value is -1.75. The Labute approximate surface area is 104 Å². The second kappa shape index (κ2) is 5.05. The van der Waals surface area contributed by atoms with E-state index in [2.05, 4.69) is 8.75 Å². The van der Waals surface area contributed by atoms with Crippen LogP contribution in [-0.2, 0) is 0 Å². The lowest BCUT2D eigenvalue weighted by molar-refractivity contribution is 0.0984. The minimum absolute atomic E-state index is 0.105. The van der Waals surface area contributed by atoms with E-state index in [1.54, 1.807) is 4.90 Å². The van der Waals surface area contributed by atoms with Crippen LogP contribution < -0.4 is 4.90 Å². The molecule has 0 aliphatic rings. The number of rotatable bonds is 3. The summed E-state index contributed by atoms with van der Waals surface area (Å²) in [4.78, 5) is 13.9. The highest BCUT2D eigenvalue weighted by molar-refractivity contribution is 6.99. The molecule has 0 saturated heterocycles. The molecule has 1 amide bonds. The summed E-state index contributed by atoms with van der Waals surface area (Å²) in [6.45, 7) is 4.56. The summed E-state index contributed by atoms with van der Waals surface area (Å²) in [7, 11) is 0. The molecule has 17 heavy (non-hydrogen) atoms. The van der Waals surface area contributed by atoms with Crippen molar-refractivity contribution in [2.24, 2.45) is 0 Å². The van der Waals surface area contributed by atoms with Crippen LogP contribution in [0.3, 0.4) is 0 Å². The minimum atomic E-state index is -0.105. The molecule has 0 N–H and O–H groups in total. The van der Waals surface area contributed by atoms with E-state index < -0.39 is 0 Å². The van der Waals surface area contributed by atoms with Crippen LogP contribution in [0.1, 0.15) is 23.0 Å². The van der Waals surface area contributed by atoms with Gasteiger partial charge in [0.15, 0.2) is 5.69 Å². The number of carbonyl (C=O) groups excluding carboxylic acids is 1. The molecule has 1 heterocycles. The maximum Gasteiger partial charge on any atom is 0.279 e. The Bertz CT molecular complexity index is 510. The second-order valence-corrected chi connectivity index (χ2v) is 4.24. The van der Waals surface area contributed by atoms with Crippen molar-refractivity contribution in [1.29, 1.82) is 0 Å². The molecule has 4 nitrogen and oxygen atoms in total. The zero-order valence-electron chi connectivity index (χ0n) is 9.75. The lowest BCUT2D eigenvalue weighted by Gasteiger charge is -2.20. The van der Waals surface area contributed by atoms with Gasteiger partial charge in [0.05, 0.1) is 17.9 Å². The molecule has 0 saturated carbocycles. The predicted molar refractivity (Wildman–Crippen MR) is 68.4 cm³/mol. The molecule has 0 aliphatic heterocycles. The van der Waals surface area contributed by atoms with Crippen LogP contribution in [0.25, 0.3) is 0 Å². The first-order valence-electron chi connectivity index (χ1n) is 5.38. The van der Waals surface area contributed by atoms with Gasteiger partial charge in [-0.05, 0) is 31.5 Å². The fraction of sp³-hybridized carbons (Fsp3) is 0.250. The van der Waals surface area contributed by atoms with Gasteiger partial charge in [0.25, 0.3) is 5.91 Å². The summed E-state index contributed by atoms with van der Waals surface area (Å²) < 4.78 is 7.83. The van der Waals surface area contributed by atoms with Crippen molar-refractivity contribution in [3.63, 3.8) is 0 Å². The van der Waals surface area contributed by atoms with E-state index in [1.165, 1.54) is 6.20 Å². The number of amides is 1. The fourth-order valence-corrected chi connectivity index (χ4v) is 2.04. The van der Waals surface area contributed by atoms with Crippen LogP contribution in [0.5, 0.6) is 0 Å². The van der Waals surface area contributed by atoms with Crippen molar-refractivity contribution in [3.05, 3.63) is 41.7 Å². The van der Waals surface area contributed by atoms with Crippen LogP contribution in [0.2, 0.25) is 0 Å². The smallest absolute Gasteiger partial charge is 0.279 e. The highest BCUT2D eigenvalue weighted by Crippen LogP contribution is 2.17. The summed E-state index contributed by atoms with van der Waals surface area (Å²) >= 11 is 1.05. The Morgan fingerprint density at radius 2 is 2.29 bits per heavy atom. The van der Waals surface area contributed by atoms with Gasteiger partial charge in [-0.3, -0.25) is 4.79 Å². The van der Waals surface area contributed by atoms with Gasteiger partial charge in [-0.1, -0.05) is 12.1 Å². The van der Waals surface area contributed by atoms with Crippen LogP contribution in [0.15, 0.2) is 30.5 Å². The van der Waals surface area contributed by atoms with E-state index in [0.717, 1.165) is 23.0 Å². The number of aromatic nitrogens is 2. The third-order valence-electron chi connectivity index (χ3n) is 2.46. The SMILES string of the molecule is CCN(C(=O)c1cnsn1)c1cccc(C)c1. The monoisotopic (exact) mass is 247 g/mol. The van der Waals surface area contributed by atoms with Crippen LogP contribution in [0.4, 0.5) is 5.69 Å². The van der Waals surface area contributed by atoms with E-state index >= 15 is 0 Å². The molecule has 1 aromatic heterocycles. The number of carbonyl (C=O) groups is 1. The molecule has 0 spiro atoms. The van der Waals surface area contributed by atoms with Gasteiger partial charge in [0.2, 0.25) is 0 Å². The zero-order chi connectivity index (χ0) is 12.3. The molecular weight excluding hydrogens is 234 g/mol. The Morgan fingerprint density at radius 1 is 1.47 bits per heavy atom. The van der Waals surface area contributed by atoms with E-state index in [0.29, 0.717) is 12.2 Å². The maximum absolute atomic E-state index is 12.2. The van der Waals surface area contributed by atoms with Gasteiger partial charge in [0, 0.05) is 12.2 Å². The Kier molecular flexibility index (Phi) is 3.49. The fourth-order valence-electron chi connectivity index (χ4n) is 1.64. The lowest BCUT2D eigenvalue weighted by Crippen LogP contribution is -2.30.